The van der Waals surface area contributed by atoms with E-state index in [0.29, 0.717) is 24.4 Å². The van der Waals surface area contributed by atoms with Crippen LogP contribution >= 0.6 is 12.2 Å². The fraction of sp³-hybridized carbons (Fsp3) is 0.400. The van der Waals surface area contributed by atoms with Gasteiger partial charge in [0.15, 0.2) is 10.9 Å². The van der Waals surface area contributed by atoms with Gasteiger partial charge in [-0.05, 0) is 45.1 Å². The van der Waals surface area contributed by atoms with E-state index in [1.165, 1.54) is 16.0 Å². The van der Waals surface area contributed by atoms with Gasteiger partial charge in [-0.25, -0.2) is 0 Å². The topological polar surface area (TPSA) is 99.7 Å². The summed E-state index contributed by atoms with van der Waals surface area (Å²) in [7, 11) is 0. The number of pyridine rings is 1. The van der Waals surface area contributed by atoms with Crippen molar-refractivity contribution in [2.75, 3.05) is 19.7 Å². The zero-order valence-corrected chi connectivity index (χ0v) is 15.0. The third kappa shape index (κ3) is 3.53. The van der Waals surface area contributed by atoms with Crippen LogP contribution in [0.3, 0.4) is 0 Å². The molecule has 2 amide bonds. The predicted molar refractivity (Wildman–Crippen MR) is 93.2 cm³/mol. The second-order valence-electron chi connectivity index (χ2n) is 4.90. The van der Waals surface area contributed by atoms with Gasteiger partial charge < -0.3 is 9.94 Å². The van der Waals surface area contributed by atoms with E-state index in [1.54, 1.807) is 32.9 Å². The minimum atomic E-state index is -0.621. The minimum Gasteiger partial charge on any atom is -0.490 e. The van der Waals surface area contributed by atoms with Crippen LogP contribution in [0.25, 0.3) is 0 Å². The van der Waals surface area contributed by atoms with Gasteiger partial charge >= 0.3 is 0 Å². The standard InChI is InChI=1S/C15H19N5O4S/c1-4-18-13(21)11(14(22)19(5-2)15(18)25)16-17-12-10(24-6-3)8-7-9-20(12)23/h7-9,23H,4-6H2,1-3H3. The van der Waals surface area contributed by atoms with E-state index < -0.39 is 11.8 Å². The Labute approximate surface area is 149 Å². The molecule has 1 fully saturated rings. The molecule has 0 saturated carbocycles. The Morgan fingerprint density at radius 1 is 1.12 bits per heavy atom. The first-order chi connectivity index (χ1) is 12.0. The molecular formula is C15H19N5O4S. The van der Waals surface area contributed by atoms with Crippen molar-refractivity contribution in [3.8, 4) is 5.75 Å². The SMILES string of the molecule is CCOc1cccn(O)c1=NN=C1C(=O)N(CC)C(=S)N(CC)C1=O. The summed E-state index contributed by atoms with van der Waals surface area (Å²) in [4.78, 5) is 27.5. The van der Waals surface area contributed by atoms with Crippen LogP contribution in [0.2, 0.25) is 0 Å². The van der Waals surface area contributed by atoms with Crippen LogP contribution in [0.1, 0.15) is 20.8 Å². The molecule has 10 heteroatoms. The average molecular weight is 365 g/mol. The normalized spacial score (nSPS) is 15.9. The highest BCUT2D eigenvalue weighted by Crippen LogP contribution is 2.11. The summed E-state index contributed by atoms with van der Waals surface area (Å²) in [6.45, 7) is 6.22. The van der Waals surface area contributed by atoms with Crippen LogP contribution < -0.4 is 10.2 Å². The third-order valence-corrected chi connectivity index (χ3v) is 3.89. The van der Waals surface area contributed by atoms with E-state index in [0.717, 1.165) is 0 Å². The van der Waals surface area contributed by atoms with E-state index in [2.05, 4.69) is 10.2 Å². The van der Waals surface area contributed by atoms with Crippen molar-refractivity contribution >= 4 is 34.9 Å². The first-order valence-corrected chi connectivity index (χ1v) is 8.20. The fourth-order valence-electron chi connectivity index (χ4n) is 2.24. The molecule has 25 heavy (non-hydrogen) atoms. The first kappa shape index (κ1) is 18.6. The second-order valence-corrected chi connectivity index (χ2v) is 5.27. The molecule has 9 nitrogen and oxygen atoms in total. The Balaban J connectivity index is 2.54. The van der Waals surface area contributed by atoms with Gasteiger partial charge in [-0.2, -0.15) is 4.73 Å². The Morgan fingerprint density at radius 2 is 1.72 bits per heavy atom. The van der Waals surface area contributed by atoms with Crippen molar-refractivity contribution in [3.63, 3.8) is 0 Å². The van der Waals surface area contributed by atoms with Gasteiger partial charge in [-0.15, -0.1) is 10.2 Å². The van der Waals surface area contributed by atoms with Gasteiger partial charge in [-0.3, -0.25) is 19.4 Å². The molecule has 0 aromatic carbocycles. The quantitative estimate of drug-likeness (QED) is 0.462. The molecule has 134 valence electrons. The van der Waals surface area contributed by atoms with E-state index in [9.17, 15) is 14.8 Å². The number of hydrogen-bond acceptors (Lipinski definition) is 7. The zero-order valence-electron chi connectivity index (χ0n) is 14.2. The summed E-state index contributed by atoms with van der Waals surface area (Å²) in [6.07, 6.45) is 1.33. The van der Waals surface area contributed by atoms with E-state index in [1.807, 2.05) is 0 Å². The Morgan fingerprint density at radius 3 is 2.24 bits per heavy atom. The van der Waals surface area contributed by atoms with Crippen LogP contribution in [-0.2, 0) is 9.59 Å². The molecule has 1 N–H and O–H groups in total. The molecule has 0 spiro atoms. The van der Waals surface area contributed by atoms with Crippen molar-refractivity contribution in [1.82, 2.24) is 14.5 Å². The molecule has 2 heterocycles. The number of thiocarbonyl (C=S) groups is 1. The van der Waals surface area contributed by atoms with E-state index in [4.69, 9.17) is 17.0 Å². The minimum absolute atomic E-state index is 0.0308. The summed E-state index contributed by atoms with van der Waals surface area (Å²) in [5.41, 5.74) is -0.403. The van der Waals surface area contributed by atoms with Gasteiger partial charge in [-0.1, -0.05) is 0 Å². The maximum absolute atomic E-state index is 12.5. The molecule has 0 radical (unpaired) electrons. The van der Waals surface area contributed by atoms with Crippen molar-refractivity contribution < 1.29 is 19.5 Å². The van der Waals surface area contributed by atoms with Gasteiger partial charge in [0.25, 0.3) is 11.8 Å². The number of rotatable bonds is 5. The van der Waals surface area contributed by atoms with Crippen LogP contribution in [0.4, 0.5) is 0 Å². The molecule has 0 bridgehead atoms. The molecule has 1 aromatic rings. The van der Waals surface area contributed by atoms with Crippen molar-refractivity contribution in [1.29, 1.82) is 0 Å². The van der Waals surface area contributed by atoms with Crippen molar-refractivity contribution in [2.45, 2.75) is 20.8 Å². The summed E-state index contributed by atoms with van der Waals surface area (Å²) >= 11 is 5.17. The molecular weight excluding hydrogens is 346 g/mol. The van der Waals surface area contributed by atoms with Crippen LogP contribution in [-0.4, -0.2) is 62.1 Å². The van der Waals surface area contributed by atoms with Crippen LogP contribution in [0, 0.1) is 0 Å². The Hall–Kier alpha value is -2.75. The van der Waals surface area contributed by atoms with Crippen molar-refractivity contribution in [2.24, 2.45) is 10.2 Å². The molecule has 1 aliphatic heterocycles. The molecule has 1 aliphatic rings. The molecule has 0 aliphatic carbocycles. The zero-order chi connectivity index (χ0) is 18.6. The number of ether oxygens (including phenoxy) is 1. The van der Waals surface area contributed by atoms with Crippen LogP contribution in [0.5, 0.6) is 5.75 Å². The highest BCUT2D eigenvalue weighted by molar-refractivity contribution is 7.80. The second kappa shape index (κ2) is 7.88. The highest BCUT2D eigenvalue weighted by Gasteiger charge is 2.39. The monoisotopic (exact) mass is 365 g/mol. The summed E-state index contributed by atoms with van der Waals surface area (Å²) in [5, 5.41) is 17.7. The predicted octanol–water partition coefficient (Wildman–Crippen LogP) is 0.376. The lowest BCUT2D eigenvalue weighted by molar-refractivity contribution is -0.128. The Kier molecular flexibility index (Phi) is 5.86. The van der Waals surface area contributed by atoms with Gasteiger partial charge in [0.05, 0.1) is 6.61 Å². The Bertz CT molecular complexity index is 773. The maximum Gasteiger partial charge on any atom is 0.286 e. The number of hydrogen-bond donors (Lipinski definition) is 1. The van der Waals surface area contributed by atoms with E-state index >= 15 is 0 Å². The first-order valence-electron chi connectivity index (χ1n) is 7.79. The van der Waals surface area contributed by atoms with Gasteiger partial charge in [0, 0.05) is 19.3 Å². The number of carbonyl (C=O) groups is 2. The lowest BCUT2D eigenvalue weighted by atomic mass is 10.2. The lowest BCUT2D eigenvalue weighted by Gasteiger charge is -2.34. The number of carbonyl (C=O) groups excluding carboxylic acids is 2. The summed E-state index contributed by atoms with van der Waals surface area (Å²) in [6, 6.07) is 3.15. The van der Waals surface area contributed by atoms with Gasteiger partial charge in [0.1, 0.15) is 0 Å². The van der Waals surface area contributed by atoms with E-state index in [-0.39, 0.29) is 22.1 Å². The van der Waals surface area contributed by atoms with Crippen molar-refractivity contribution in [3.05, 3.63) is 23.8 Å². The third-order valence-electron chi connectivity index (χ3n) is 3.45. The molecule has 0 unspecified atom stereocenters. The summed E-state index contributed by atoms with van der Waals surface area (Å²) in [5.74, 6) is -0.976. The maximum atomic E-state index is 12.5. The smallest absolute Gasteiger partial charge is 0.286 e. The molecule has 0 atom stereocenters. The van der Waals surface area contributed by atoms with Crippen LogP contribution in [0.15, 0.2) is 28.5 Å². The molecule has 2 rings (SSSR count). The number of nitrogens with zero attached hydrogens (tertiary/aromatic N) is 5. The highest BCUT2D eigenvalue weighted by atomic mass is 32.1. The van der Waals surface area contributed by atoms with Gasteiger partial charge in [0.2, 0.25) is 11.2 Å². The summed E-state index contributed by atoms with van der Waals surface area (Å²) < 4.78 is 6.06. The lowest BCUT2D eigenvalue weighted by Crippen LogP contribution is -2.59. The average Bonchev–Trinajstić information content (AvgIpc) is 2.58. The number of aromatic nitrogens is 1. The fourth-order valence-corrected chi connectivity index (χ4v) is 2.66. The molecule has 1 aromatic heterocycles. The number of amides is 2. The largest absolute Gasteiger partial charge is 0.490 e. The molecule has 1 saturated heterocycles.